The lowest BCUT2D eigenvalue weighted by Gasteiger charge is -2.31. The van der Waals surface area contributed by atoms with Crippen LogP contribution in [0.5, 0.6) is 0 Å². The van der Waals surface area contributed by atoms with E-state index in [4.69, 9.17) is 0 Å². The smallest absolute Gasteiger partial charge is 0.338 e. The third kappa shape index (κ3) is 3.95. The minimum atomic E-state index is -4.14. The third-order valence-corrected chi connectivity index (χ3v) is 3.94. The molecule has 1 heterocycles. The van der Waals surface area contributed by atoms with Crippen LogP contribution < -0.4 is 0 Å². The highest BCUT2D eigenvalue weighted by molar-refractivity contribution is 5.78. The minimum absolute atomic E-state index is 0.0352. The second-order valence-electron chi connectivity index (χ2n) is 5.62. The average Bonchev–Trinajstić information content (AvgIpc) is 2.82. The number of carbonyl (C=O) groups excluding carboxylic acids is 1. The number of nitrogens with one attached hydrogen (secondary N) is 1. The molecule has 118 valence electrons. The Labute approximate surface area is 120 Å². The Hall–Kier alpha value is -1.60. The first-order valence-electron chi connectivity index (χ1n) is 6.97. The lowest BCUT2D eigenvalue weighted by atomic mass is 9.81. The number of hydrogen-bond donors (Lipinski definition) is 1. The number of alkyl halides is 3. The van der Waals surface area contributed by atoms with Gasteiger partial charge in [0.05, 0.1) is 12.5 Å². The summed E-state index contributed by atoms with van der Waals surface area (Å²) in [5, 5.41) is 6.64. The fourth-order valence-electron chi connectivity index (χ4n) is 2.73. The molecule has 1 amide bonds. The summed E-state index contributed by atoms with van der Waals surface area (Å²) in [6.07, 6.45) is -3.49. The van der Waals surface area contributed by atoms with Crippen molar-refractivity contribution in [2.24, 2.45) is 11.8 Å². The van der Waals surface area contributed by atoms with E-state index in [-0.39, 0.29) is 31.2 Å². The van der Waals surface area contributed by atoms with Gasteiger partial charge in [0.25, 0.3) is 0 Å². The van der Waals surface area contributed by atoms with Crippen LogP contribution in [0, 0.1) is 18.8 Å². The van der Waals surface area contributed by atoms with Crippen LogP contribution in [-0.2, 0) is 11.3 Å². The molecule has 0 unspecified atom stereocenters. The molecule has 1 fully saturated rings. The zero-order valence-corrected chi connectivity index (χ0v) is 12.1. The summed E-state index contributed by atoms with van der Waals surface area (Å²) < 4.78 is 37.8. The Morgan fingerprint density at radius 1 is 1.33 bits per heavy atom. The molecule has 0 aromatic carbocycles. The van der Waals surface area contributed by atoms with E-state index in [1.807, 2.05) is 0 Å². The van der Waals surface area contributed by atoms with Crippen molar-refractivity contribution in [1.29, 1.82) is 0 Å². The quantitative estimate of drug-likeness (QED) is 0.933. The number of nitrogens with zero attached hydrogens (tertiary/aromatic N) is 3. The van der Waals surface area contributed by atoms with Crippen molar-refractivity contribution in [3.05, 3.63) is 11.6 Å². The summed E-state index contributed by atoms with van der Waals surface area (Å²) in [6, 6.07) is 0. The predicted molar refractivity (Wildman–Crippen MR) is 69.1 cm³/mol. The Balaban J connectivity index is 1.86. The molecule has 1 aliphatic carbocycles. The highest BCUT2D eigenvalue weighted by Crippen LogP contribution is 2.39. The molecule has 0 saturated heterocycles. The normalized spacial score (nSPS) is 23.1. The topological polar surface area (TPSA) is 61.9 Å². The SMILES string of the molecule is Cc1nc(CN(C)C(=O)C2CCC(C(F)(F)F)CC2)n[nH]1. The van der Waals surface area contributed by atoms with Gasteiger partial charge in [-0.15, -0.1) is 0 Å². The molecule has 1 aromatic heterocycles. The molecule has 5 nitrogen and oxygen atoms in total. The summed E-state index contributed by atoms with van der Waals surface area (Å²) in [5.41, 5.74) is 0. The number of aromatic amines is 1. The number of H-pyrrole nitrogens is 1. The maximum atomic E-state index is 12.6. The van der Waals surface area contributed by atoms with E-state index < -0.39 is 12.1 Å². The molecule has 0 aliphatic heterocycles. The molecule has 21 heavy (non-hydrogen) atoms. The average molecular weight is 304 g/mol. The number of aryl methyl sites for hydroxylation is 1. The number of amides is 1. The summed E-state index contributed by atoms with van der Waals surface area (Å²) in [5.74, 6) is -0.543. The van der Waals surface area contributed by atoms with Crippen LogP contribution >= 0.6 is 0 Å². The standard InChI is InChI=1S/C13H19F3N4O/c1-8-17-11(19-18-8)7-20(2)12(21)9-3-5-10(6-4-9)13(14,15)16/h9-10H,3-7H2,1-2H3,(H,17,18,19). The monoisotopic (exact) mass is 304 g/mol. The Morgan fingerprint density at radius 3 is 2.43 bits per heavy atom. The van der Waals surface area contributed by atoms with Crippen molar-refractivity contribution in [1.82, 2.24) is 20.1 Å². The van der Waals surface area contributed by atoms with Crippen molar-refractivity contribution < 1.29 is 18.0 Å². The van der Waals surface area contributed by atoms with Gasteiger partial charge < -0.3 is 4.90 Å². The lowest BCUT2D eigenvalue weighted by molar-refractivity contribution is -0.185. The molecule has 1 aliphatic rings. The van der Waals surface area contributed by atoms with Crippen LogP contribution in [0.1, 0.15) is 37.3 Å². The summed E-state index contributed by atoms with van der Waals surface area (Å²) >= 11 is 0. The molecule has 0 atom stereocenters. The van der Waals surface area contributed by atoms with Crippen LogP contribution in [-0.4, -0.2) is 39.2 Å². The van der Waals surface area contributed by atoms with Crippen molar-refractivity contribution in [3.8, 4) is 0 Å². The first kappa shape index (κ1) is 15.8. The van der Waals surface area contributed by atoms with Crippen molar-refractivity contribution >= 4 is 5.91 Å². The van der Waals surface area contributed by atoms with E-state index in [2.05, 4.69) is 15.2 Å². The van der Waals surface area contributed by atoms with Gasteiger partial charge in [0.2, 0.25) is 5.91 Å². The van der Waals surface area contributed by atoms with Crippen LogP contribution in [0.2, 0.25) is 0 Å². The van der Waals surface area contributed by atoms with E-state index in [0.29, 0.717) is 24.5 Å². The maximum Gasteiger partial charge on any atom is 0.391 e. The van der Waals surface area contributed by atoms with Crippen LogP contribution in [0.3, 0.4) is 0 Å². The minimum Gasteiger partial charge on any atom is -0.338 e. The lowest BCUT2D eigenvalue weighted by Crippen LogP contribution is -2.37. The van der Waals surface area contributed by atoms with Gasteiger partial charge in [-0.05, 0) is 32.6 Å². The third-order valence-electron chi connectivity index (χ3n) is 3.94. The largest absolute Gasteiger partial charge is 0.391 e. The first-order chi connectivity index (χ1) is 9.77. The van der Waals surface area contributed by atoms with E-state index in [1.54, 1.807) is 14.0 Å². The van der Waals surface area contributed by atoms with Gasteiger partial charge in [0, 0.05) is 13.0 Å². The molecule has 0 spiro atoms. The predicted octanol–water partition coefficient (Wildman–Crippen LogP) is 2.44. The number of rotatable bonds is 3. The zero-order chi connectivity index (χ0) is 15.6. The second-order valence-corrected chi connectivity index (χ2v) is 5.62. The number of hydrogen-bond acceptors (Lipinski definition) is 3. The molecular formula is C13H19F3N4O. The summed E-state index contributed by atoms with van der Waals surface area (Å²) in [4.78, 5) is 17.8. The van der Waals surface area contributed by atoms with Crippen molar-refractivity contribution in [2.45, 2.75) is 45.3 Å². The molecule has 0 bridgehead atoms. The van der Waals surface area contributed by atoms with Gasteiger partial charge in [-0.3, -0.25) is 9.89 Å². The van der Waals surface area contributed by atoms with Crippen LogP contribution in [0.25, 0.3) is 0 Å². The number of halogens is 3. The first-order valence-corrected chi connectivity index (χ1v) is 6.97. The van der Waals surface area contributed by atoms with E-state index in [9.17, 15) is 18.0 Å². The highest BCUT2D eigenvalue weighted by atomic mass is 19.4. The van der Waals surface area contributed by atoms with Gasteiger partial charge >= 0.3 is 6.18 Å². The fraction of sp³-hybridized carbons (Fsp3) is 0.769. The number of aromatic nitrogens is 3. The molecule has 2 rings (SSSR count). The Bertz CT molecular complexity index is 492. The number of carbonyl (C=O) groups is 1. The summed E-state index contributed by atoms with van der Waals surface area (Å²) in [7, 11) is 1.63. The van der Waals surface area contributed by atoms with E-state index in [0.717, 1.165) is 0 Å². The van der Waals surface area contributed by atoms with Gasteiger partial charge in [0.1, 0.15) is 5.82 Å². The van der Waals surface area contributed by atoms with Gasteiger partial charge in [-0.1, -0.05) is 0 Å². The molecule has 1 N–H and O–H groups in total. The zero-order valence-electron chi connectivity index (χ0n) is 12.1. The molecule has 0 radical (unpaired) electrons. The maximum absolute atomic E-state index is 12.6. The van der Waals surface area contributed by atoms with Crippen LogP contribution in [0.15, 0.2) is 0 Å². The fourth-order valence-corrected chi connectivity index (χ4v) is 2.73. The second kappa shape index (κ2) is 6.03. The Morgan fingerprint density at radius 2 is 1.95 bits per heavy atom. The molecule has 8 heteroatoms. The van der Waals surface area contributed by atoms with Gasteiger partial charge in [0.15, 0.2) is 5.82 Å². The summed E-state index contributed by atoms with van der Waals surface area (Å²) in [6.45, 7) is 2.03. The van der Waals surface area contributed by atoms with Gasteiger partial charge in [-0.25, -0.2) is 4.98 Å². The van der Waals surface area contributed by atoms with E-state index in [1.165, 1.54) is 4.90 Å². The van der Waals surface area contributed by atoms with Crippen molar-refractivity contribution in [3.63, 3.8) is 0 Å². The van der Waals surface area contributed by atoms with Crippen LogP contribution in [0.4, 0.5) is 13.2 Å². The van der Waals surface area contributed by atoms with Gasteiger partial charge in [-0.2, -0.15) is 18.3 Å². The van der Waals surface area contributed by atoms with Crippen molar-refractivity contribution in [2.75, 3.05) is 7.05 Å². The molecule has 1 saturated carbocycles. The highest BCUT2D eigenvalue weighted by Gasteiger charge is 2.42. The molecule has 1 aromatic rings. The Kier molecular flexibility index (Phi) is 4.53. The molecular weight excluding hydrogens is 285 g/mol. The van der Waals surface area contributed by atoms with E-state index >= 15 is 0 Å².